The topological polar surface area (TPSA) is 65.4 Å². The fourth-order valence-corrected chi connectivity index (χ4v) is 2.76. The Kier molecular flexibility index (Phi) is 3.18. The van der Waals surface area contributed by atoms with Gasteiger partial charge in [0.25, 0.3) is 0 Å². The highest BCUT2D eigenvalue weighted by Gasteiger charge is 2.10. The van der Waals surface area contributed by atoms with E-state index in [-0.39, 0.29) is 0 Å². The van der Waals surface area contributed by atoms with Crippen LogP contribution in [0.25, 0.3) is 16.3 Å². The van der Waals surface area contributed by atoms with E-state index in [0.29, 0.717) is 6.54 Å². The van der Waals surface area contributed by atoms with E-state index in [2.05, 4.69) is 15.5 Å². The smallest absolute Gasteiger partial charge is 0.212 e. The zero-order chi connectivity index (χ0) is 13.2. The number of fused-ring (bicyclic) bond motifs is 1. The van der Waals surface area contributed by atoms with Gasteiger partial charge in [-0.05, 0) is 30.8 Å². The zero-order valence-corrected chi connectivity index (χ0v) is 11.4. The number of nitrogens with two attached hydrogens (primary N) is 1. The summed E-state index contributed by atoms with van der Waals surface area (Å²) in [5.41, 5.74) is 7.68. The third-order valence-corrected chi connectivity index (χ3v) is 3.76. The summed E-state index contributed by atoms with van der Waals surface area (Å²) in [5.74, 6) is 1.56. The Morgan fingerprint density at radius 2 is 2.11 bits per heavy atom. The van der Waals surface area contributed by atoms with Crippen LogP contribution in [0.4, 0.5) is 0 Å². The number of thiazole rings is 1. The Labute approximate surface area is 114 Å². The first-order valence-corrected chi connectivity index (χ1v) is 6.87. The van der Waals surface area contributed by atoms with E-state index in [0.717, 1.165) is 34.2 Å². The summed E-state index contributed by atoms with van der Waals surface area (Å²) in [6.07, 6.45) is 0.811. The number of rotatable bonds is 4. The monoisotopic (exact) mass is 274 g/mol. The van der Waals surface area contributed by atoms with Crippen LogP contribution in [0.1, 0.15) is 5.69 Å². The van der Waals surface area contributed by atoms with Gasteiger partial charge in [-0.1, -0.05) is 0 Å². The Morgan fingerprint density at radius 3 is 2.79 bits per heavy atom. The number of aromatic nitrogens is 3. The van der Waals surface area contributed by atoms with Crippen molar-refractivity contribution in [2.75, 3.05) is 13.7 Å². The van der Waals surface area contributed by atoms with Crippen LogP contribution in [0.2, 0.25) is 0 Å². The first-order chi connectivity index (χ1) is 9.31. The first-order valence-electron chi connectivity index (χ1n) is 5.99. The predicted octanol–water partition coefficient (Wildman–Crippen LogP) is 1.97. The molecule has 0 aliphatic rings. The van der Waals surface area contributed by atoms with Crippen molar-refractivity contribution in [2.45, 2.75) is 6.42 Å². The largest absolute Gasteiger partial charge is 0.497 e. The van der Waals surface area contributed by atoms with Gasteiger partial charge in [-0.3, -0.25) is 0 Å². The second-order valence-corrected chi connectivity index (χ2v) is 4.96. The molecule has 19 heavy (non-hydrogen) atoms. The highest BCUT2D eigenvalue weighted by atomic mass is 32.1. The fourth-order valence-electron chi connectivity index (χ4n) is 1.91. The average molecular weight is 274 g/mol. The number of benzene rings is 1. The molecule has 0 saturated heterocycles. The molecule has 2 N–H and O–H groups in total. The Balaban J connectivity index is 1.99. The van der Waals surface area contributed by atoms with Gasteiger partial charge in [0.1, 0.15) is 5.75 Å². The van der Waals surface area contributed by atoms with Crippen molar-refractivity contribution in [1.82, 2.24) is 14.6 Å². The molecule has 0 unspecified atom stereocenters. The van der Waals surface area contributed by atoms with E-state index in [1.54, 1.807) is 18.4 Å². The predicted molar refractivity (Wildman–Crippen MR) is 75.6 cm³/mol. The van der Waals surface area contributed by atoms with Gasteiger partial charge in [-0.15, -0.1) is 16.4 Å². The molecule has 3 rings (SSSR count). The van der Waals surface area contributed by atoms with Crippen molar-refractivity contribution in [3.05, 3.63) is 35.3 Å². The SMILES string of the molecule is COc1ccc(-c2nc3scc(CCN)n3n2)cc1. The van der Waals surface area contributed by atoms with E-state index < -0.39 is 0 Å². The average Bonchev–Trinajstić information content (AvgIpc) is 3.01. The van der Waals surface area contributed by atoms with Gasteiger partial charge in [0.2, 0.25) is 4.96 Å². The lowest BCUT2D eigenvalue weighted by Crippen LogP contribution is -2.05. The molecule has 2 heterocycles. The van der Waals surface area contributed by atoms with Gasteiger partial charge in [0.15, 0.2) is 5.82 Å². The summed E-state index contributed by atoms with van der Waals surface area (Å²) in [7, 11) is 1.65. The number of hydrogen-bond acceptors (Lipinski definition) is 5. The molecule has 0 spiro atoms. The quantitative estimate of drug-likeness (QED) is 0.790. The van der Waals surface area contributed by atoms with E-state index >= 15 is 0 Å². The highest BCUT2D eigenvalue weighted by Crippen LogP contribution is 2.22. The molecule has 2 aromatic heterocycles. The number of nitrogens with zero attached hydrogens (tertiary/aromatic N) is 3. The zero-order valence-electron chi connectivity index (χ0n) is 10.5. The Hall–Kier alpha value is -1.92. The molecule has 98 valence electrons. The number of ether oxygens (including phenoxy) is 1. The minimum Gasteiger partial charge on any atom is -0.497 e. The molecule has 0 amide bonds. The van der Waals surface area contributed by atoms with Gasteiger partial charge in [0, 0.05) is 17.4 Å². The summed E-state index contributed by atoms with van der Waals surface area (Å²) in [6, 6.07) is 7.73. The molecule has 6 heteroatoms. The van der Waals surface area contributed by atoms with Crippen molar-refractivity contribution < 1.29 is 4.74 Å². The molecule has 0 bridgehead atoms. The van der Waals surface area contributed by atoms with E-state index in [1.807, 2.05) is 28.8 Å². The van der Waals surface area contributed by atoms with Crippen LogP contribution in [0, 0.1) is 0 Å². The van der Waals surface area contributed by atoms with E-state index in [9.17, 15) is 0 Å². The van der Waals surface area contributed by atoms with E-state index in [4.69, 9.17) is 10.5 Å². The van der Waals surface area contributed by atoms with Crippen LogP contribution < -0.4 is 10.5 Å². The Bertz CT molecular complexity index is 686. The Morgan fingerprint density at radius 1 is 1.32 bits per heavy atom. The van der Waals surface area contributed by atoms with Gasteiger partial charge in [-0.25, -0.2) is 4.52 Å². The maximum atomic E-state index is 5.59. The molecule has 5 nitrogen and oxygen atoms in total. The third-order valence-electron chi connectivity index (χ3n) is 2.90. The van der Waals surface area contributed by atoms with Crippen molar-refractivity contribution >= 4 is 16.3 Å². The van der Waals surface area contributed by atoms with E-state index in [1.165, 1.54) is 0 Å². The minimum absolute atomic E-state index is 0.615. The minimum atomic E-state index is 0.615. The second kappa shape index (κ2) is 4.99. The maximum Gasteiger partial charge on any atom is 0.212 e. The molecule has 3 aromatic rings. The summed E-state index contributed by atoms with van der Waals surface area (Å²) >= 11 is 1.59. The van der Waals surface area contributed by atoms with Crippen molar-refractivity contribution in [3.63, 3.8) is 0 Å². The summed E-state index contributed by atoms with van der Waals surface area (Å²) < 4.78 is 7.01. The lowest BCUT2D eigenvalue weighted by atomic mass is 10.2. The molecule has 0 aliphatic heterocycles. The van der Waals surface area contributed by atoms with Gasteiger partial charge in [0.05, 0.1) is 12.8 Å². The molecule has 0 aliphatic carbocycles. The molecule has 0 fully saturated rings. The van der Waals surface area contributed by atoms with Crippen LogP contribution in [0.15, 0.2) is 29.6 Å². The van der Waals surface area contributed by atoms with Crippen LogP contribution >= 0.6 is 11.3 Å². The standard InChI is InChI=1S/C13H14N4OS/c1-18-11-4-2-9(3-5-11)12-15-13-17(16-12)10(6-7-14)8-19-13/h2-5,8H,6-7,14H2,1H3. The fraction of sp³-hybridized carbons (Fsp3) is 0.231. The lowest BCUT2D eigenvalue weighted by Gasteiger charge is -1.99. The maximum absolute atomic E-state index is 5.59. The van der Waals surface area contributed by atoms with Gasteiger partial charge in [-0.2, -0.15) is 4.98 Å². The first kappa shape index (κ1) is 12.1. The molecular weight excluding hydrogens is 260 g/mol. The lowest BCUT2D eigenvalue weighted by molar-refractivity contribution is 0.415. The summed E-state index contributed by atoms with van der Waals surface area (Å²) in [6.45, 7) is 0.615. The van der Waals surface area contributed by atoms with Crippen molar-refractivity contribution in [1.29, 1.82) is 0 Å². The normalized spacial score (nSPS) is 11.1. The molecule has 0 saturated carbocycles. The molecule has 0 atom stereocenters. The second-order valence-electron chi connectivity index (χ2n) is 4.12. The van der Waals surface area contributed by atoms with Crippen LogP contribution in [-0.2, 0) is 6.42 Å². The van der Waals surface area contributed by atoms with Crippen LogP contribution in [0.5, 0.6) is 5.75 Å². The molecule has 0 radical (unpaired) electrons. The molecule has 1 aromatic carbocycles. The van der Waals surface area contributed by atoms with Gasteiger partial charge >= 0.3 is 0 Å². The number of methoxy groups -OCH3 is 1. The summed E-state index contributed by atoms with van der Waals surface area (Å²) in [5, 5.41) is 6.59. The van der Waals surface area contributed by atoms with Crippen molar-refractivity contribution in [3.8, 4) is 17.1 Å². The van der Waals surface area contributed by atoms with Crippen molar-refractivity contribution in [2.24, 2.45) is 5.73 Å². The number of hydrogen-bond donors (Lipinski definition) is 1. The summed E-state index contributed by atoms with van der Waals surface area (Å²) in [4.78, 5) is 5.43. The van der Waals surface area contributed by atoms with Gasteiger partial charge < -0.3 is 10.5 Å². The van der Waals surface area contributed by atoms with Crippen LogP contribution in [0.3, 0.4) is 0 Å². The molecular formula is C13H14N4OS. The van der Waals surface area contributed by atoms with Crippen LogP contribution in [-0.4, -0.2) is 28.3 Å². The third kappa shape index (κ3) is 2.20. The highest BCUT2D eigenvalue weighted by molar-refractivity contribution is 7.15.